The summed E-state index contributed by atoms with van der Waals surface area (Å²) in [5.74, 6) is -1.05. The summed E-state index contributed by atoms with van der Waals surface area (Å²) in [6.07, 6.45) is -1.02. The van der Waals surface area contributed by atoms with Crippen LogP contribution in [0.4, 0.5) is 0 Å². The maximum Gasteiger partial charge on any atom is 0.350 e. The minimum Gasteiger partial charge on any atom is -0.478 e. The first-order chi connectivity index (χ1) is 5.63. The first-order valence-electron chi connectivity index (χ1n) is 3.83. The lowest BCUT2D eigenvalue weighted by Crippen LogP contribution is -2.40. The van der Waals surface area contributed by atoms with Crippen molar-refractivity contribution in [1.82, 2.24) is 5.06 Å². The Hall–Kier alpha value is -0.650. The van der Waals surface area contributed by atoms with Gasteiger partial charge in [0.1, 0.15) is 0 Å². The third-order valence-corrected chi connectivity index (χ3v) is 1.20. The first-order valence-corrected chi connectivity index (χ1v) is 3.83. The average Bonchev–Trinajstić information content (AvgIpc) is 1.99. The van der Waals surface area contributed by atoms with E-state index >= 15 is 0 Å². The molecule has 0 radical (unpaired) electrons. The van der Waals surface area contributed by atoms with Gasteiger partial charge in [-0.15, -0.1) is 0 Å². The second-order valence-electron chi connectivity index (χ2n) is 2.11. The number of aliphatic carboxylic acids is 1. The van der Waals surface area contributed by atoms with Crippen LogP contribution >= 0.6 is 0 Å². The molecule has 0 aliphatic heterocycles. The highest BCUT2D eigenvalue weighted by atomic mass is 16.7. The number of hydroxylamine groups is 2. The normalized spacial score (nSPS) is 13.3. The molecule has 0 aromatic rings. The van der Waals surface area contributed by atoms with Gasteiger partial charge in [0.05, 0.1) is 6.61 Å². The summed E-state index contributed by atoms with van der Waals surface area (Å²) in [5.41, 5.74) is 0. The van der Waals surface area contributed by atoms with Gasteiger partial charge in [-0.05, 0) is 13.8 Å². The van der Waals surface area contributed by atoms with Gasteiger partial charge in [0.15, 0.2) is 0 Å². The number of carbonyl (C=O) groups is 1. The molecule has 0 heterocycles. The highest BCUT2D eigenvalue weighted by Gasteiger charge is 2.22. The summed E-state index contributed by atoms with van der Waals surface area (Å²) in [4.78, 5) is 15.5. The van der Waals surface area contributed by atoms with E-state index < -0.39 is 12.2 Å². The predicted octanol–water partition coefficient (Wildman–Crippen LogP) is 0.317. The Morgan fingerprint density at radius 2 is 2.08 bits per heavy atom. The number of nitrogens with zero attached hydrogens (tertiary/aromatic N) is 1. The van der Waals surface area contributed by atoms with Crippen LogP contribution in [0.2, 0.25) is 0 Å². The van der Waals surface area contributed by atoms with Crippen molar-refractivity contribution in [3.05, 3.63) is 0 Å². The van der Waals surface area contributed by atoms with E-state index in [2.05, 4.69) is 0 Å². The molecule has 0 aliphatic carbocycles. The number of likely N-dealkylation sites (N-methyl/N-ethyl adjacent to an activating group) is 1. The van der Waals surface area contributed by atoms with Crippen molar-refractivity contribution in [2.45, 2.75) is 20.1 Å². The molecule has 0 bridgehead atoms. The fraction of sp³-hybridized carbons (Fsp3) is 0.857. The van der Waals surface area contributed by atoms with Gasteiger partial charge in [0, 0.05) is 13.7 Å². The zero-order valence-electron chi connectivity index (χ0n) is 7.61. The van der Waals surface area contributed by atoms with Crippen LogP contribution in [0.1, 0.15) is 13.8 Å². The fourth-order valence-corrected chi connectivity index (χ4v) is 0.761. The van der Waals surface area contributed by atoms with E-state index in [0.29, 0.717) is 13.2 Å². The Balaban J connectivity index is 3.99. The molecular weight excluding hydrogens is 162 g/mol. The van der Waals surface area contributed by atoms with E-state index in [1.165, 1.54) is 12.1 Å². The van der Waals surface area contributed by atoms with Gasteiger partial charge in [-0.2, -0.15) is 5.06 Å². The van der Waals surface area contributed by atoms with E-state index in [4.69, 9.17) is 14.7 Å². The monoisotopic (exact) mass is 177 g/mol. The molecule has 12 heavy (non-hydrogen) atoms. The van der Waals surface area contributed by atoms with Crippen molar-refractivity contribution in [3.63, 3.8) is 0 Å². The van der Waals surface area contributed by atoms with Crippen LogP contribution in [-0.4, -0.2) is 42.6 Å². The van der Waals surface area contributed by atoms with Gasteiger partial charge < -0.3 is 9.84 Å². The molecule has 0 aliphatic rings. The Morgan fingerprint density at radius 3 is 2.42 bits per heavy atom. The van der Waals surface area contributed by atoms with Gasteiger partial charge in [-0.1, -0.05) is 0 Å². The van der Waals surface area contributed by atoms with Crippen LogP contribution < -0.4 is 0 Å². The molecule has 1 atom stereocenters. The predicted molar refractivity (Wildman–Crippen MR) is 42.4 cm³/mol. The summed E-state index contributed by atoms with van der Waals surface area (Å²) < 4.78 is 4.92. The van der Waals surface area contributed by atoms with E-state index in [-0.39, 0.29) is 0 Å². The maximum absolute atomic E-state index is 10.6. The van der Waals surface area contributed by atoms with Crippen LogP contribution in [-0.2, 0) is 14.4 Å². The van der Waals surface area contributed by atoms with Crippen LogP contribution in [0.15, 0.2) is 0 Å². The molecule has 0 spiro atoms. The molecule has 72 valence electrons. The summed E-state index contributed by atoms with van der Waals surface area (Å²) in [6.45, 7) is 4.28. The standard InChI is InChI=1S/C7H15NO4/c1-4-11-6(7(9)10)8(3)12-5-2/h6H,4-5H2,1-3H3,(H,9,10). The van der Waals surface area contributed by atoms with Gasteiger partial charge in [-0.25, -0.2) is 4.79 Å². The molecule has 5 nitrogen and oxygen atoms in total. The molecule has 0 saturated carbocycles. The van der Waals surface area contributed by atoms with Crippen molar-refractivity contribution in [3.8, 4) is 0 Å². The highest BCUT2D eigenvalue weighted by Crippen LogP contribution is 1.99. The SMILES string of the molecule is CCOC(C(=O)O)N(C)OCC. The number of rotatable bonds is 6. The van der Waals surface area contributed by atoms with Gasteiger partial charge >= 0.3 is 5.97 Å². The van der Waals surface area contributed by atoms with Crippen molar-refractivity contribution < 1.29 is 19.5 Å². The number of ether oxygens (including phenoxy) is 1. The zero-order valence-corrected chi connectivity index (χ0v) is 7.61. The van der Waals surface area contributed by atoms with E-state index in [1.54, 1.807) is 13.8 Å². The van der Waals surface area contributed by atoms with Crippen LogP contribution in [0.5, 0.6) is 0 Å². The molecule has 0 saturated heterocycles. The fourth-order valence-electron chi connectivity index (χ4n) is 0.761. The number of hydrogen-bond donors (Lipinski definition) is 1. The van der Waals surface area contributed by atoms with Gasteiger partial charge in [-0.3, -0.25) is 4.84 Å². The van der Waals surface area contributed by atoms with Crippen molar-refractivity contribution in [1.29, 1.82) is 0 Å². The molecule has 0 rings (SSSR count). The average molecular weight is 177 g/mol. The maximum atomic E-state index is 10.6. The molecule has 0 aromatic carbocycles. The largest absolute Gasteiger partial charge is 0.478 e. The Morgan fingerprint density at radius 1 is 1.50 bits per heavy atom. The van der Waals surface area contributed by atoms with Crippen molar-refractivity contribution in [2.24, 2.45) is 0 Å². The van der Waals surface area contributed by atoms with Gasteiger partial charge in [0.25, 0.3) is 0 Å². The molecule has 0 aromatic heterocycles. The molecule has 1 unspecified atom stereocenters. The Labute approximate surface area is 71.8 Å². The number of hydrogen-bond acceptors (Lipinski definition) is 4. The van der Waals surface area contributed by atoms with E-state index in [0.717, 1.165) is 0 Å². The van der Waals surface area contributed by atoms with E-state index in [9.17, 15) is 4.79 Å². The summed E-state index contributed by atoms with van der Waals surface area (Å²) in [5, 5.41) is 9.84. The first kappa shape index (κ1) is 11.4. The minimum atomic E-state index is -1.05. The smallest absolute Gasteiger partial charge is 0.350 e. The number of carboxylic acids is 1. The molecule has 5 heteroatoms. The van der Waals surface area contributed by atoms with Crippen LogP contribution in [0, 0.1) is 0 Å². The lowest BCUT2D eigenvalue weighted by atomic mass is 10.5. The lowest BCUT2D eigenvalue weighted by Gasteiger charge is -2.22. The van der Waals surface area contributed by atoms with Crippen molar-refractivity contribution >= 4 is 5.97 Å². The van der Waals surface area contributed by atoms with Gasteiger partial charge in [0.2, 0.25) is 6.23 Å². The lowest BCUT2D eigenvalue weighted by molar-refractivity contribution is -0.238. The minimum absolute atomic E-state index is 0.342. The third kappa shape index (κ3) is 3.66. The Kier molecular flexibility index (Phi) is 5.61. The quantitative estimate of drug-likeness (QED) is 0.467. The molecule has 0 fully saturated rings. The molecule has 1 N–H and O–H groups in total. The second-order valence-corrected chi connectivity index (χ2v) is 2.11. The summed E-state index contributed by atoms with van der Waals surface area (Å²) >= 11 is 0. The van der Waals surface area contributed by atoms with E-state index in [1.807, 2.05) is 0 Å². The molecule has 0 amide bonds. The highest BCUT2D eigenvalue weighted by molar-refractivity contribution is 5.71. The third-order valence-electron chi connectivity index (χ3n) is 1.20. The number of carboxylic acid groups (broad SMARTS) is 1. The topological polar surface area (TPSA) is 59.0 Å². The van der Waals surface area contributed by atoms with Crippen LogP contribution in [0.3, 0.4) is 0 Å². The molecular formula is C7H15NO4. The van der Waals surface area contributed by atoms with Crippen LogP contribution in [0.25, 0.3) is 0 Å². The Bertz CT molecular complexity index is 139. The summed E-state index contributed by atoms with van der Waals surface area (Å²) in [7, 11) is 1.53. The second kappa shape index (κ2) is 5.93. The zero-order chi connectivity index (χ0) is 9.56. The summed E-state index contributed by atoms with van der Waals surface area (Å²) in [6, 6.07) is 0. The van der Waals surface area contributed by atoms with Crippen molar-refractivity contribution in [2.75, 3.05) is 20.3 Å².